The van der Waals surface area contributed by atoms with Crippen LogP contribution in [0.2, 0.25) is 0 Å². The summed E-state index contributed by atoms with van der Waals surface area (Å²) in [5.41, 5.74) is 0.199. The van der Waals surface area contributed by atoms with Crippen LogP contribution in [-0.4, -0.2) is 19.4 Å². The van der Waals surface area contributed by atoms with Gasteiger partial charge in [0, 0.05) is 19.0 Å². The van der Waals surface area contributed by atoms with E-state index in [0.717, 1.165) is 18.8 Å². The topological polar surface area (TPSA) is 24.4 Å². The van der Waals surface area contributed by atoms with Gasteiger partial charge in [-0.3, -0.25) is 4.99 Å². The Hall–Kier alpha value is -0.530. The maximum atomic E-state index is 4.23. The minimum atomic E-state index is 0.199. The Morgan fingerprint density at radius 2 is 1.91 bits per heavy atom. The molecule has 0 aromatic carbocycles. The first kappa shape index (κ1) is 10.5. The molecule has 1 N–H and O–H groups in total. The van der Waals surface area contributed by atoms with E-state index in [1.54, 1.807) is 0 Å². The third-order valence-electron chi connectivity index (χ3n) is 2.09. The molecule has 11 heavy (non-hydrogen) atoms. The Balaban J connectivity index is 4.25. The zero-order valence-corrected chi connectivity index (χ0v) is 8.36. The maximum absolute atomic E-state index is 4.23. The molecule has 0 spiro atoms. The van der Waals surface area contributed by atoms with Crippen molar-refractivity contribution in [1.29, 1.82) is 0 Å². The molecule has 0 aliphatic rings. The fourth-order valence-corrected chi connectivity index (χ4v) is 0.956. The van der Waals surface area contributed by atoms with Crippen molar-refractivity contribution in [2.45, 2.75) is 34.1 Å². The van der Waals surface area contributed by atoms with Crippen LogP contribution >= 0.6 is 0 Å². The molecule has 0 aromatic heterocycles. The standard InChI is InChI=1S/C9H20N2/c1-6-9(3,4)8(10-5)11-7-2/h6-7H2,1-5H3,(H,10,11). The quantitative estimate of drug-likeness (QED) is 0.491. The largest absolute Gasteiger partial charge is 0.374 e. The van der Waals surface area contributed by atoms with Gasteiger partial charge in [-0.05, 0) is 13.3 Å². The van der Waals surface area contributed by atoms with Gasteiger partial charge < -0.3 is 5.32 Å². The van der Waals surface area contributed by atoms with Crippen LogP contribution in [0.1, 0.15) is 34.1 Å². The summed E-state index contributed by atoms with van der Waals surface area (Å²) in [4.78, 5) is 4.23. The molecule has 0 unspecified atom stereocenters. The summed E-state index contributed by atoms with van der Waals surface area (Å²) in [5.74, 6) is 1.11. The number of rotatable bonds is 3. The summed E-state index contributed by atoms with van der Waals surface area (Å²) in [6.45, 7) is 9.64. The molecular formula is C9H20N2. The lowest BCUT2D eigenvalue weighted by molar-refractivity contribution is 0.485. The van der Waals surface area contributed by atoms with Crippen LogP contribution in [0.25, 0.3) is 0 Å². The van der Waals surface area contributed by atoms with E-state index < -0.39 is 0 Å². The first-order valence-electron chi connectivity index (χ1n) is 4.29. The normalized spacial score (nSPS) is 13.4. The van der Waals surface area contributed by atoms with Gasteiger partial charge in [0.15, 0.2) is 0 Å². The van der Waals surface area contributed by atoms with Crippen molar-refractivity contribution < 1.29 is 0 Å². The van der Waals surface area contributed by atoms with Gasteiger partial charge in [-0.1, -0.05) is 20.8 Å². The summed E-state index contributed by atoms with van der Waals surface area (Å²) in [6.07, 6.45) is 1.12. The SMILES string of the molecule is CCNC(=NC)C(C)(C)CC. The van der Waals surface area contributed by atoms with Crippen LogP contribution < -0.4 is 5.32 Å². The van der Waals surface area contributed by atoms with Crippen molar-refractivity contribution in [1.82, 2.24) is 5.32 Å². The van der Waals surface area contributed by atoms with Crippen molar-refractivity contribution >= 4 is 5.84 Å². The van der Waals surface area contributed by atoms with Crippen LogP contribution in [0.15, 0.2) is 4.99 Å². The predicted octanol–water partition coefficient (Wildman–Crippen LogP) is 2.06. The molecule has 0 aromatic rings. The van der Waals surface area contributed by atoms with Gasteiger partial charge in [-0.2, -0.15) is 0 Å². The number of hydrogen-bond donors (Lipinski definition) is 1. The summed E-state index contributed by atoms with van der Waals surface area (Å²) < 4.78 is 0. The molecule has 0 fully saturated rings. The van der Waals surface area contributed by atoms with E-state index in [-0.39, 0.29) is 5.41 Å². The first-order chi connectivity index (χ1) is 5.08. The lowest BCUT2D eigenvalue weighted by atomic mass is 9.88. The van der Waals surface area contributed by atoms with Crippen molar-refractivity contribution in [3.05, 3.63) is 0 Å². The van der Waals surface area contributed by atoms with Crippen LogP contribution in [0.4, 0.5) is 0 Å². The second-order valence-corrected chi connectivity index (χ2v) is 3.34. The molecule has 0 aliphatic carbocycles. The number of aliphatic imine (C=N–C) groups is 1. The minimum absolute atomic E-state index is 0.199. The Morgan fingerprint density at radius 1 is 1.36 bits per heavy atom. The summed E-state index contributed by atoms with van der Waals surface area (Å²) >= 11 is 0. The van der Waals surface area contributed by atoms with Gasteiger partial charge in [0.05, 0.1) is 0 Å². The minimum Gasteiger partial charge on any atom is -0.374 e. The second-order valence-electron chi connectivity index (χ2n) is 3.34. The van der Waals surface area contributed by atoms with Gasteiger partial charge in [0.2, 0.25) is 0 Å². The number of hydrogen-bond acceptors (Lipinski definition) is 1. The number of nitrogens with zero attached hydrogens (tertiary/aromatic N) is 1. The molecule has 0 amide bonds. The smallest absolute Gasteiger partial charge is 0.102 e. The molecule has 0 saturated heterocycles. The van der Waals surface area contributed by atoms with Crippen LogP contribution in [0.5, 0.6) is 0 Å². The highest BCUT2D eigenvalue weighted by Crippen LogP contribution is 2.20. The van der Waals surface area contributed by atoms with E-state index in [1.807, 2.05) is 7.05 Å². The molecule has 0 rings (SSSR count). The first-order valence-corrected chi connectivity index (χ1v) is 4.29. The molecule has 0 aliphatic heterocycles. The van der Waals surface area contributed by atoms with Crippen LogP contribution in [0, 0.1) is 5.41 Å². The third-order valence-corrected chi connectivity index (χ3v) is 2.09. The van der Waals surface area contributed by atoms with E-state index in [4.69, 9.17) is 0 Å². The highest BCUT2D eigenvalue weighted by molar-refractivity contribution is 5.87. The molecule has 2 heteroatoms. The lowest BCUT2D eigenvalue weighted by Crippen LogP contribution is -2.36. The average molecular weight is 156 g/mol. The van der Waals surface area contributed by atoms with E-state index in [2.05, 4.69) is 38.0 Å². The van der Waals surface area contributed by atoms with Gasteiger partial charge in [0.1, 0.15) is 5.84 Å². The predicted molar refractivity (Wildman–Crippen MR) is 51.1 cm³/mol. The molecule has 66 valence electrons. The molecule has 0 radical (unpaired) electrons. The summed E-state index contributed by atoms with van der Waals surface area (Å²) in [7, 11) is 1.84. The lowest BCUT2D eigenvalue weighted by Gasteiger charge is -2.25. The molecule has 0 bridgehead atoms. The Labute approximate surface area is 70.1 Å². The summed E-state index contributed by atoms with van der Waals surface area (Å²) in [5, 5.41) is 3.27. The van der Waals surface area contributed by atoms with Gasteiger partial charge >= 0.3 is 0 Å². The van der Waals surface area contributed by atoms with Crippen molar-refractivity contribution in [3.8, 4) is 0 Å². The van der Waals surface area contributed by atoms with Crippen LogP contribution in [-0.2, 0) is 0 Å². The monoisotopic (exact) mass is 156 g/mol. The Morgan fingerprint density at radius 3 is 2.18 bits per heavy atom. The average Bonchev–Trinajstić information content (AvgIpc) is 2.00. The number of nitrogens with one attached hydrogen (secondary N) is 1. The highest BCUT2D eigenvalue weighted by atomic mass is 15.0. The van der Waals surface area contributed by atoms with Crippen molar-refractivity contribution in [2.75, 3.05) is 13.6 Å². The molecular weight excluding hydrogens is 136 g/mol. The maximum Gasteiger partial charge on any atom is 0.102 e. The van der Waals surface area contributed by atoms with E-state index in [1.165, 1.54) is 0 Å². The third kappa shape index (κ3) is 2.91. The molecule has 0 saturated carbocycles. The van der Waals surface area contributed by atoms with Gasteiger partial charge in [0.25, 0.3) is 0 Å². The Kier molecular flexibility index (Phi) is 4.16. The number of amidine groups is 1. The van der Waals surface area contributed by atoms with E-state index >= 15 is 0 Å². The Bertz CT molecular complexity index is 136. The van der Waals surface area contributed by atoms with E-state index in [0.29, 0.717) is 0 Å². The van der Waals surface area contributed by atoms with Crippen molar-refractivity contribution in [2.24, 2.45) is 10.4 Å². The van der Waals surface area contributed by atoms with Gasteiger partial charge in [-0.25, -0.2) is 0 Å². The van der Waals surface area contributed by atoms with Crippen molar-refractivity contribution in [3.63, 3.8) is 0 Å². The highest BCUT2D eigenvalue weighted by Gasteiger charge is 2.21. The summed E-state index contributed by atoms with van der Waals surface area (Å²) in [6, 6.07) is 0. The molecule has 0 atom stereocenters. The second kappa shape index (κ2) is 4.37. The zero-order chi connectivity index (χ0) is 8.91. The van der Waals surface area contributed by atoms with E-state index in [9.17, 15) is 0 Å². The fraction of sp³-hybridized carbons (Fsp3) is 0.889. The fourth-order valence-electron chi connectivity index (χ4n) is 0.956. The van der Waals surface area contributed by atoms with Crippen LogP contribution in [0.3, 0.4) is 0 Å². The van der Waals surface area contributed by atoms with Gasteiger partial charge in [-0.15, -0.1) is 0 Å². The zero-order valence-electron chi connectivity index (χ0n) is 8.36. The molecule has 0 heterocycles. The molecule has 2 nitrogen and oxygen atoms in total.